The molecule has 0 aliphatic carbocycles. The lowest BCUT2D eigenvalue weighted by atomic mass is 9.90. The number of nitrogens with zero attached hydrogens (tertiary/aromatic N) is 4. The Morgan fingerprint density at radius 1 is 1.24 bits per heavy atom. The summed E-state index contributed by atoms with van der Waals surface area (Å²) in [4.78, 5) is 33.7. The molecular formula is C18H23N5O2. The van der Waals surface area contributed by atoms with Gasteiger partial charge in [-0.15, -0.1) is 0 Å². The SMILES string of the molecule is Cc1nc(C2CCN(C(=O)C3CCn4nccc4C3)CC2)cc(=O)[nH]1. The topological polar surface area (TPSA) is 83.9 Å². The van der Waals surface area contributed by atoms with Crippen molar-refractivity contribution in [1.82, 2.24) is 24.6 Å². The summed E-state index contributed by atoms with van der Waals surface area (Å²) in [6.45, 7) is 4.11. The zero-order chi connectivity index (χ0) is 17.4. The molecule has 2 aromatic rings. The van der Waals surface area contributed by atoms with Gasteiger partial charge in [0.05, 0.1) is 5.69 Å². The molecule has 0 saturated carbocycles. The summed E-state index contributed by atoms with van der Waals surface area (Å²) in [7, 11) is 0. The monoisotopic (exact) mass is 341 g/mol. The van der Waals surface area contributed by atoms with E-state index in [4.69, 9.17) is 0 Å². The minimum atomic E-state index is -0.0974. The van der Waals surface area contributed by atoms with Crippen LogP contribution in [0.3, 0.4) is 0 Å². The van der Waals surface area contributed by atoms with Gasteiger partial charge in [-0.25, -0.2) is 4.98 Å². The van der Waals surface area contributed by atoms with Crippen LogP contribution in [0.4, 0.5) is 0 Å². The Hall–Kier alpha value is -2.44. The molecule has 1 atom stereocenters. The molecule has 0 spiro atoms. The van der Waals surface area contributed by atoms with E-state index >= 15 is 0 Å². The van der Waals surface area contributed by atoms with Crippen molar-refractivity contribution in [1.29, 1.82) is 0 Å². The molecular weight excluding hydrogens is 318 g/mol. The van der Waals surface area contributed by atoms with Crippen molar-refractivity contribution in [2.75, 3.05) is 13.1 Å². The fourth-order valence-electron chi connectivity index (χ4n) is 4.04. The molecule has 2 aliphatic heterocycles. The molecule has 1 saturated heterocycles. The number of fused-ring (bicyclic) bond motifs is 1. The van der Waals surface area contributed by atoms with Crippen LogP contribution < -0.4 is 5.56 Å². The molecule has 7 nitrogen and oxygen atoms in total. The summed E-state index contributed by atoms with van der Waals surface area (Å²) in [6, 6.07) is 3.60. The Morgan fingerprint density at radius 2 is 2.04 bits per heavy atom. The van der Waals surface area contributed by atoms with Gasteiger partial charge >= 0.3 is 0 Å². The van der Waals surface area contributed by atoms with Crippen LogP contribution in [0, 0.1) is 12.8 Å². The fraction of sp³-hybridized carbons (Fsp3) is 0.556. The van der Waals surface area contributed by atoms with Crippen LogP contribution in [-0.4, -0.2) is 43.6 Å². The molecule has 2 aromatic heterocycles. The van der Waals surface area contributed by atoms with Gasteiger partial charge in [0.2, 0.25) is 5.91 Å². The largest absolute Gasteiger partial charge is 0.342 e. The van der Waals surface area contributed by atoms with E-state index in [1.54, 1.807) is 13.0 Å². The minimum absolute atomic E-state index is 0.0701. The van der Waals surface area contributed by atoms with Crippen molar-refractivity contribution in [2.24, 2.45) is 5.92 Å². The number of likely N-dealkylation sites (tertiary alicyclic amines) is 1. The molecule has 4 rings (SSSR count). The van der Waals surface area contributed by atoms with Gasteiger partial charge in [-0.05, 0) is 32.3 Å². The average Bonchev–Trinajstić information content (AvgIpc) is 3.08. The summed E-state index contributed by atoms with van der Waals surface area (Å²) in [5, 5.41) is 4.28. The molecule has 1 N–H and O–H groups in total. The number of amides is 1. The standard InChI is InChI=1S/C18H23N5O2/c1-12-20-16(11-17(24)21-12)13-3-7-22(8-4-13)18(25)14-5-9-23-15(10-14)2-6-19-23/h2,6,11,13-14H,3-5,7-10H2,1H3,(H,20,21,24). The summed E-state index contributed by atoms with van der Waals surface area (Å²) < 4.78 is 2.00. The van der Waals surface area contributed by atoms with E-state index in [-0.39, 0.29) is 23.3 Å². The third-order valence-electron chi connectivity index (χ3n) is 5.40. The molecule has 2 aliphatic rings. The second-order valence-corrected chi connectivity index (χ2v) is 7.09. The van der Waals surface area contributed by atoms with E-state index in [0.717, 1.165) is 56.7 Å². The number of piperidine rings is 1. The Morgan fingerprint density at radius 3 is 2.80 bits per heavy atom. The van der Waals surface area contributed by atoms with Crippen molar-refractivity contribution >= 4 is 5.91 Å². The molecule has 1 amide bonds. The lowest BCUT2D eigenvalue weighted by Gasteiger charge is -2.35. The Balaban J connectivity index is 1.38. The number of aryl methyl sites for hydroxylation is 2. The summed E-state index contributed by atoms with van der Waals surface area (Å²) in [6.07, 6.45) is 5.19. The molecule has 4 heterocycles. The number of rotatable bonds is 2. The number of H-pyrrole nitrogens is 1. The normalized spacial score (nSPS) is 21.2. The molecule has 132 valence electrons. The van der Waals surface area contributed by atoms with Gasteiger partial charge in [0.15, 0.2) is 0 Å². The number of carbonyl (C=O) groups is 1. The van der Waals surface area contributed by atoms with Gasteiger partial charge in [-0.2, -0.15) is 5.10 Å². The average molecular weight is 341 g/mol. The van der Waals surface area contributed by atoms with Crippen molar-refractivity contribution in [3.8, 4) is 0 Å². The maximum absolute atomic E-state index is 12.9. The van der Waals surface area contributed by atoms with Crippen LogP contribution in [0.1, 0.15) is 42.4 Å². The molecule has 7 heteroatoms. The Labute approximate surface area is 146 Å². The fourth-order valence-corrected chi connectivity index (χ4v) is 4.04. The van der Waals surface area contributed by atoms with Crippen LogP contribution in [0.15, 0.2) is 23.1 Å². The second-order valence-electron chi connectivity index (χ2n) is 7.09. The number of nitrogens with one attached hydrogen (secondary N) is 1. The van der Waals surface area contributed by atoms with Crippen LogP contribution in [0.25, 0.3) is 0 Å². The first-order valence-corrected chi connectivity index (χ1v) is 8.97. The Bertz CT molecular complexity index is 832. The Kier molecular flexibility index (Phi) is 4.15. The number of hydrogen-bond acceptors (Lipinski definition) is 4. The maximum atomic E-state index is 12.9. The van der Waals surface area contributed by atoms with E-state index < -0.39 is 0 Å². The highest BCUT2D eigenvalue weighted by Crippen LogP contribution is 2.28. The molecule has 1 fully saturated rings. The first-order chi connectivity index (χ1) is 12.1. The molecule has 0 radical (unpaired) electrons. The van der Waals surface area contributed by atoms with E-state index in [1.807, 2.05) is 21.8 Å². The van der Waals surface area contributed by atoms with Crippen LogP contribution in [-0.2, 0) is 17.8 Å². The van der Waals surface area contributed by atoms with E-state index in [2.05, 4.69) is 15.1 Å². The third-order valence-corrected chi connectivity index (χ3v) is 5.40. The lowest BCUT2D eigenvalue weighted by Crippen LogP contribution is -2.43. The zero-order valence-corrected chi connectivity index (χ0v) is 14.4. The highest BCUT2D eigenvalue weighted by atomic mass is 16.2. The number of carbonyl (C=O) groups excluding carboxylic acids is 1. The van der Waals surface area contributed by atoms with Gasteiger partial charge in [-0.1, -0.05) is 0 Å². The highest BCUT2D eigenvalue weighted by Gasteiger charge is 2.31. The zero-order valence-electron chi connectivity index (χ0n) is 14.4. The van der Waals surface area contributed by atoms with Crippen molar-refractivity contribution in [2.45, 2.75) is 45.1 Å². The van der Waals surface area contributed by atoms with E-state index in [0.29, 0.717) is 5.82 Å². The van der Waals surface area contributed by atoms with E-state index in [1.165, 1.54) is 0 Å². The smallest absolute Gasteiger partial charge is 0.251 e. The van der Waals surface area contributed by atoms with Crippen molar-refractivity contribution in [3.05, 3.63) is 45.9 Å². The minimum Gasteiger partial charge on any atom is -0.342 e. The van der Waals surface area contributed by atoms with Crippen molar-refractivity contribution in [3.63, 3.8) is 0 Å². The van der Waals surface area contributed by atoms with Gasteiger partial charge in [0.1, 0.15) is 5.82 Å². The van der Waals surface area contributed by atoms with E-state index in [9.17, 15) is 9.59 Å². The van der Waals surface area contributed by atoms with Gasteiger partial charge in [0.25, 0.3) is 5.56 Å². The molecule has 0 bridgehead atoms. The summed E-state index contributed by atoms with van der Waals surface area (Å²) >= 11 is 0. The van der Waals surface area contributed by atoms with Gasteiger partial charge < -0.3 is 9.88 Å². The quantitative estimate of drug-likeness (QED) is 0.891. The molecule has 1 unspecified atom stereocenters. The lowest BCUT2D eigenvalue weighted by molar-refractivity contribution is -0.137. The summed E-state index contributed by atoms with van der Waals surface area (Å²) in [5.74, 6) is 1.25. The number of aromatic nitrogens is 4. The second kappa shape index (κ2) is 6.46. The highest BCUT2D eigenvalue weighted by molar-refractivity contribution is 5.79. The van der Waals surface area contributed by atoms with Gasteiger partial charge in [-0.3, -0.25) is 14.3 Å². The molecule has 0 aromatic carbocycles. The first-order valence-electron chi connectivity index (χ1n) is 8.97. The van der Waals surface area contributed by atoms with Crippen LogP contribution in [0.2, 0.25) is 0 Å². The predicted octanol–water partition coefficient (Wildman–Crippen LogP) is 1.24. The maximum Gasteiger partial charge on any atom is 0.251 e. The van der Waals surface area contributed by atoms with Crippen molar-refractivity contribution < 1.29 is 4.79 Å². The number of hydrogen-bond donors (Lipinski definition) is 1. The number of aromatic amines is 1. The summed E-state index contributed by atoms with van der Waals surface area (Å²) in [5.41, 5.74) is 1.91. The van der Waals surface area contributed by atoms with Crippen LogP contribution >= 0.6 is 0 Å². The van der Waals surface area contributed by atoms with Gasteiger partial charge in [0, 0.05) is 55.8 Å². The molecule has 25 heavy (non-hydrogen) atoms. The predicted molar refractivity (Wildman–Crippen MR) is 92.2 cm³/mol. The third kappa shape index (κ3) is 3.23. The first kappa shape index (κ1) is 16.1. The van der Waals surface area contributed by atoms with Crippen LogP contribution in [0.5, 0.6) is 0 Å².